The molecule has 31 heavy (non-hydrogen) atoms. The number of rotatable bonds is 4. The predicted molar refractivity (Wildman–Crippen MR) is 92.7 cm³/mol. The lowest BCUT2D eigenvalue weighted by atomic mass is 10.1. The lowest BCUT2D eigenvalue weighted by Gasteiger charge is -2.34. The van der Waals surface area contributed by atoms with E-state index >= 15 is 0 Å². The van der Waals surface area contributed by atoms with Crippen LogP contribution in [0.2, 0.25) is 0 Å². The first-order chi connectivity index (χ1) is 13.8. The molecule has 0 radical (unpaired) electrons. The van der Waals surface area contributed by atoms with Gasteiger partial charge in [-0.2, -0.15) is 39.5 Å². The van der Waals surface area contributed by atoms with Gasteiger partial charge in [0.1, 0.15) is 17.3 Å². The van der Waals surface area contributed by atoms with Crippen LogP contribution in [0.15, 0.2) is 23.1 Å². The summed E-state index contributed by atoms with van der Waals surface area (Å²) in [5, 5.41) is 2.23. The molecule has 1 N–H and O–H groups in total. The Kier molecular flexibility index (Phi) is 8.26. The summed E-state index contributed by atoms with van der Waals surface area (Å²) in [4.78, 5) is 1.47. The van der Waals surface area contributed by atoms with E-state index in [4.69, 9.17) is 0 Å². The van der Waals surface area contributed by atoms with Gasteiger partial charge in [-0.25, -0.2) is 8.42 Å². The minimum atomic E-state index is -7.43. The Morgan fingerprint density at radius 2 is 1.39 bits per heavy atom. The maximum Gasteiger partial charge on any atom is 0.460 e. The van der Waals surface area contributed by atoms with E-state index in [1.54, 1.807) is 0 Å². The van der Waals surface area contributed by atoms with Crippen LogP contribution in [0.4, 0.5) is 39.5 Å². The highest BCUT2D eigenvalue weighted by atomic mass is 32.2. The van der Waals surface area contributed by atoms with Crippen molar-refractivity contribution >= 4 is 21.0 Å². The number of benzene rings is 1. The van der Waals surface area contributed by atoms with Crippen LogP contribution in [0.5, 0.6) is 5.75 Å². The van der Waals surface area contributed by atoms with Crippen molar-refractivity contribution in [3.05, 3.63) is 23.8 Å². The fourth-order valence-corrected chi connectivity index (χ4v) is 5.49. The molecule has 1 aromatic carbocycles. The molecule has 1 saturated heterocycles. The smallest absolute Gasteiger partial charge is 0.460 e. The number of aromatic hydroxyl groups is 1. The fourth-order valence-electron chi connectivity index (χ4n) is 2.53. The maximum absolute atomic E-state index is 12.2. The van der Waals surface area contributed by atoms with E-state index in [2.05, 4.69) is 13.0 Å². The van der Waals surface area contributed by atoms with Gasteiger partial charge in [0, 0.05) is 16.5 Å². The number of hydrogen-bond acceptors (Lipinski definition) is 4. The van der Waals surface area contributed by atoms with Crippen molar-refractivity contribution in [1.82, 2.24) is 0 Å². The Bertz CT molecular complexity index is 864. The van der Waals surface area contributed by atoms with Gasteiger partial charge in [-0.05, 0) is 44.4 Å². The number of aryl methyl sites for hydroxylation is 1. The van der Waals surface area contributed by atoms with E-state index in [0.717, 1.165) is 0 Å². The minimum absolute atomic E-state index is 0.395. The molecule has 0 amide bonds. The van der Waals surface area contributed by atoms with Crippen molar-refractivity contribution in [2.45, 2.75) is 54.4 Å². The summed E-state index contributed by atoms with van der Waals surface area (Å²) in [6.07, 6.45) is -3.00. The molecule has 0 aliphatic carbocycles. The van der Waals surface area contributed by atoms with Gasteiger partial charge in [0.05, 0.1) is 0 Å². The quantitative estimate of drug-likeness (QED) is 0.360. The first-order valence-electron chi connectivity index (χ1n) is 8.40. The van der Waals surface area contributed by atoms with Crippen molar-refractivity contribution in [3.8, 4) is 5.75 Å². The zero-order valence-corrected chi connectivity index (χ0v) is 17.3. The van der Waals surface area contributed by atoms with E-state index < -0.39 is 33.4 Å². The molecule has 15 heteroatoms. The van der Waals surface area contributed by atoms with Crippen LogP contribution < -0.4 is 0 Å². The number of phenolic OH excluding ortho intramolecular Hbond substituents is 1. The highest BCUT2D eigenvalue weighted by molar-refractivity contribution is 7.97. The average Bonchev–Trinajstić information content (AvgIpc) is 2.60. The first-order valence-corrected chi connectivity index (χ1v) is 11.4. The molecule has 0 aromatic heterocycles. The predicted octanol–water partition coefficient (Wildman–Crippen LogP) is 4.82. The van der Waals surface area contributed by atoms with E-state index in [0.29, 0.717) is 16.6 Å². The molecule has 1 aromatic rings. The largest absolute Gasteiger partial charge is 0.743 e. The number of alkyl halides is 9. The van der Waals surface area contributed by atoms with Crippen LogP contribution in [0.25, 0.3) is 0 Å². The Labute approximate surface area is 174 Å². The zero-order chi connectivity index (χ0) is 24.5. The second-order valence-corrected chi connectivity index (χ2v) is 10.2. The molecule has 0 spiro atoms. The topological polar surface area (TPSA) is 77.4 Å². The number of hydrogen-bond donors (Lipinski definition) is 1. The van der Waals surface area contributed by atoms with Gasteiger partial charge in [0.25, 0.3) is 0 Å². The SMILES string of the molecule is Cc1cc(O)ccc1[S+]1CCCCC1.O=S(=O)([O-])C(F)(F)C(F)(F)C(F)(F)C(F)(F)F. The van der Waals surface area contributed by atoms with Crippen LogP contribution in [0, 0.1) is 6.92 Å². The van der Waals surface area contributed by atoms with Gasteiger partial charge in [-0.1, -0.05) is 0 Å². The average molecular weight is 508 g/mol. The molecule has 0 saturated carbocycles. The highest BCUT2D eigenvalue weighted by Crippen LogP contribution is 2.54. The van der Waals surface area contributed by atoms with Gasteiger partial charge >= 0.3 is 23.3 Å². The molecule has 2 rings (SSSR count). The molecule has 0 unspecified atom stereocenters. The highest BCUT2D eigenvalue weighted by Gasteiger charge is 2.83. The van der Waals surface area contributed by atoms with Crippen molar-refractivity contribution in [3.63, 3.8) is 0 Å². The maximum atomic E-state index is 12.2. The molecule has 1 heterocycles. The van der Waals surface area contributed by atoms with Crippen LogP contribution in [-0.4, -0.2) is 52.9 Å². The number of phenols is 1. The number of halogens is 9. The summed E-state index contributed by atoms with van der Waals surface area (Å²) >= 11 is 0. The van der Waals surface area contributed by atoms with Crippen molar-refractivity contribution in [2.24, 2.45) is 0 Å². The Balaban J connectivity index is 0.000000314. The molecular formula is C16H17F9O4S2. The second-order valence-electron chi connectivity index (χ2n) is 6.53. The fraction of sp³-hybridized carbons (Fsp3) is 0.625. The lowest BCUT2D eigenvalue weighted by Crippen LogP contribution is -2.63. The first kappa shape index (κ1) is 27.7. The summed E-state index contributed by atoms with van der Waals surface area (Å²) < 4.78 is 135. The third kappa shape index (κ3) is 5.72. The minimum Gasteiger partial charge on any atom is -0.743 e. The third-order valence-electron chi connectivity index (χ3n) is 4.18. The molecule has 1 fully saturated rings. The molecule has 0 bridgehead atoms. The normalized spacial score (nSPS) is 17.1. The van der Waals surface area contributed by atoms with Crippen LogP contribution in [0.3, 0.4) is 0 Å². The van der Waals surface area contributed by atoms with E-state index in [9.17, 15) is 57.6 Å². The van der Waals surface area contributed by atoms with Crippen molar-refractivity contribution in [2.75, 3.05) is 11.5 Å². The Hall–Kier alpha value is -1.35. The van der Waals surface area contributed by atoms with E-state index in [1.165, 1.54) is 41.2 Å². The summed E-state index contributed by atoms with van der Waals surface area (Å²) in [5.41, 5.74) is 1.26. The van der Waals surface area contributed by atoms with Gasteiger partial charge in [-0.15, -0.1) is 0 Å². The monoisotopic (exact) mass is 508 g/mol. The molecule has 4 nitrogen and oxygen atoms in total. The van der Waals surface area contributed by atoms with E-state index in [1.807, 2.05) is 12.1 Å². The third-order valence-corrected chi connectivity index (χ3v) is 7.71. The van der Waals surface area contributed by atoms with Crippen LogP contribution in [-0.2, 0) is 21.0 Å². The molecule has 1 aliphatic heterocycles. The van der Waals surface area contributed by atoms with E-state index in [-0.39, 0.29) is 0 Å². The summed E-state index contributed by atoms with van der Waals surface area (Å²) in [5.74, 6) is -11.7. The molecule has 0 atom stereocenters. The second kappa shape index (κ2) is 9.25. The van der Waals surface area contributed by atoms with Gasteiger partial charge in [0.2, 0.25) is 0 Å². The van der Waals surface area contributed by atoms with Crippen LogP contribution >= 0.6 is 0 Å². The van der Waals surface area contributed by atoms with Gasteiger partial charge < -0.3 is 9.66 Å². The van der Waals surface area contributed by atoms with Crippen molar-refractivity contribution < 1.29 is 57.6 Å². The van der Waals surface area contributed by atoms with Crippen molar-refractivity contribution in [1.29, 1.82) is 0 Å². The summed E-state index contributed by atoms with van der Waals surface area (Å²) in [6.45, 7) is 2.11. The molecular weight excluding hydrogens is 491 g/mol. The van der Waals surface area contributed by atoms with Gasteiger partial charge in [0.15, 0.2) is 15.0 Å². The summed E-state index contributed by atoms with van der Waals surface area (Å²) in [7, 11) is -6.96. The Morgan fingerprint density at radius 3 is 1.77 bits per heavy atom. The standard InChI is InChI=1S/C12H16OS.C4HF9O3S/c1-10-9-11(13)5-6-12(10)14-7-3-2-4-8-14;5-1(6,3(9,10)11)2(7,8)4(12,13)17(14,15)16/h5-6,9H,2-4,7-8H2,1H3;(H,14,15,16). The summed E-state index contributed by atoms with van der Waals surface area (Å²) in [6, 6.07) is 5.82. The Morgan fingerprint density at radius 1 is 0.903 bits per heavy atom. The molecule has 180 valence electrons. The zero-order valence-electron chi connectivity index (χ0n) is 15.7. The van der Waals surface area contributed by atoms with Crippen LogP contribution in [0.1, 0.15) is 24.8 Å². The lowest BCUT2D eigenvalue weighted by molar-refractivity contribution is -0.382. The molecule has 1 aliphatic rings. The van der Waals surface area contributed by atoms with Gasteiger partial charge in [-0.3, -0.25) is 0 Å².